The average Bonchev–Trinajstić information content (AvgIpc) is 2.87. The Kier molecular flexibility index (Phi) is 4.57. The first-order valence-electron chi connectivity index (χ1n) is 7.44. The number of benzene rings is 2. The maximum Gasteiger partial charge on any atom is 0.220 e. The van der Waals surface area contributed by atoms with Crippen LogP contribution in [0.5, 0.6) is 0 Å². The van der Waals surface area contributed by atoms with Crippen molar-refractivity contribution in [3.63, 3.8) is 0 Å². The van der Waals surface area contributed by atoms with Crippen LogP contribution < -0.4 is 5.32 Å². The zero-order valence-electron chi connectivity index (χ0n) is 12.1. The van der Waals surface area contributed by atoms with Crippen LogP contribution in [0.3, 0.4) is 0 Å². The Balaban J connectivity index is 1.57. The van der Waals surface area contributed by atoms with Gasteiger partial charge in [-0.1, -0.05) is 34.1 Å². The number of rotatable bonds is 4. The number of carbonyl (C=O) groups is 1. The number of hydrogen-bond acceptors (Lipinski definition) is 1. The molecule has 2 nitrogen and oxygen atoms in total. The van der Waals surface area contributed by atoms with Gasteiger partial charge in [-0.25, -0.2) is 4.39 Å². The highest BCUT2D eigenvalue weighted by Gasteiger charge is 2.23. The van der Waals surface area contributed by atoms with E-state index in [9.17, 15) is 9.18 Å². The topological polar surface area (TPSA) is 29.1 Å². The van der Waals surface area contributed by atoms with Gasteiger partial charge < -0.3 is 5.32 Å². The smallest absolute Gasteiger partial charge is 0.220 e. The Morgan fingerprint density at radius 2 is 2.14 bits per heavy atom. The molecule has 0 radical (unpaired) electrons. The van der Waals surface area contributed by atoms with Gasteiger partial charge in [0.2, 0.25) is 5.91 Å². The second kappa shape index (κ2) is 6.61. The summed E-state index contributed by atoms with van der Waals surface area (Å²) in [7, 11) is 0. The summed E-state index contributed by atoms with van der Waals surface area (Å²) in [5.41, 5.74) is 3.36. The average molecular weight is 362 g/mol. The van der Waals surface area contributed by atoms with E-state index >= 15 is 0 Å². The second-order valence-corrected chi connectivity index (χ2v) is 6.55. The van der Waals surface area contributed by atoms with E-state index in [0.29, 0.717) is 12.8 Å². The molecule has 114 valence electrons. The van der Waals surface area contributed by atoms with E-state index in [1.807, 2.05) is 12.1 Å². The first-order chi connectivity index (χ1) is 10.6. The first-order valence-corrected chi connectivity index (χ1v) is 8.23. The Bertz CT molecular complexity index is 701. The highest BCUT2D eigenvalue weighted by atomic mass is 79.9. The van der Waals surface area contributed by atoms with Crippen molar-refractivity contribution in [2.45, 2.75) is 31.7 Å². The fraction of sp³-hybridized carbons (Fsp3) is 0.278. The fourth-order valence-electron chi connectivity index (χ4n) is 2.95. The summed E-state index contributed by atoms with van der Waals surface area (Å²) in [6.07, 6.45) is 2.87. The number of amides is 1. The van der Waals surface area contributed by atoms with E-state index in [1.165, 1.54) is 23.3 Å². The molecular weight excluding hydrogens is 345 g/mol. The quantitative estimate of drug-likeness (QED) is 0.862. The number of carbonyl (C=O) groups excluding carboxylic acids is 1. The summed E-state index contributed by atoms with van der Waals surface area (Å²) >= 11 is 3.47. The lowest BCUT2D eigenvalue weighted by molar-refractivity contribution is -0.121. The summed E-state index contributed by atoms with van der Waals surface area (Å²) in [5, 5.41) is 3.09. The Labute approximate surface area is 137 Å². The maximum atomic E-state index is 13.1. The predicted molar refractivity (Wildman–Crippen MR) is 88.1 cm³/mol. The Morgan fingerprint density at radius 3 is 2.95 bits per heavy atom. The van der Waals surface area contributed by atoms with Crippen LogP contribution in [0.25, 0.3) is 0 Å². The van der Waals surface area contributed by atoms with Crippen molar-refractivity contribution < 1.29 is 9.18 Å². The lowest BCUT2D eigenvalue weighted by atomic mass is 10.1. The van der Waals surface area contributed by atoms with Crippen molar-refractivity contribution in [1.82, 2.24) is 5.32 Å². The first kappa shape index (κ1) is 15.2. The van der Waals surface area contributed by atoms with Gasteiger partial charge in [-0.2, -0.15) is 0 Å². The highest BCUT2D eigenvalue weighted by Crippen LogP contribution is 2.32. The van der Waals surface area contributed by atoms with Crippen molar-refractivity contribution in [2.75, 3.05) is 0 Å². The van der Waals surface area contributed by atoms with E-state index < -0.39 is 0 Å². The van der Waals surface area contributed by atoms with Crippen LogP contribution in [0.1, 0.15) is 35.6 Å². The van der Waals surface area contributed by atoms with Crippen LogP contribution in [0.4, 0.5) is 4.39 Å². The monoisotopic (exact) mass is 361 g/mol. The highest BCUT2D eigenvalue weighted by molar-refractivity contribution is 9.10. The minimum absolute atomic E-state index is 0.0185. The van der Waals surface area contributed by atoms with Crippen LogP contribution in [0, 0.1) is 5.82 Å². The van der Waals surface area contributed by atoms with Gasteiger partial charge in [0.05, 0.1) is 6.04 Å². The van der Waals surface area contributed by atoms with Gasteiger partial charge in [-0.05, 0) is 60.2 Å². The zero-order valence-corrected chi connectivity index (χ0v) is 13.7. The molecule has 0 spiro atoms. The minimum atomic E-state index is -0.256. The molecule has 0 saturated heterocycles. The molecule has 22 heavy (non-hydrogen) atoms. The molecule has 0 heterocycles. The van der Waals surface area contributed by atoms with Crippen molar-refractivity contribution in [2.24, 2.45) is 0 Å². The van der Waals surface area contributed by atoms with E-state index in [4.69, 9.17) is 0 Å². The summed E-state index contributed by atoms with van der Waals surface area (Å²) in [6, 6.07) is 12.7. The molecule has 1 N–H and O–H groups in total. The summed E-state index contributed by atoms with van der Waals surface area (Å²) in [5.74, 6) is -0.238. The predicted octanol–water partition coefficient (Wildman–Crippen LogP) is 4.32. The van der Waals surface area contributed by atoms with Gasteiger partial charge >= 0.3 is 0 Å². The molecule has 3 rings (SSSR count). The molecule has 0 saturated carbocycles. The number of hydrogen-bond donors (Lipinski definition) is 1. The zero-order chi connectivity index (χ0) is 15.5. The Hall–Kier alpha value is -1.68. The molecule has 1 unspecified atom stereocenters. The SMILES string of the molecule is O=C(CCc1cccc(F)c1)NC1CCc2cc(Br)ccc21. The Morgan fingerprint density at radius 1 is 1.27 bits per heavy atom. The third kappa shape index (κ3) is 3.55. The van der Waals surface area contributed by atoms with Gasteiger partial charge in [0.25, 0.3) is 0 Å². The summed E-state index contributed by atoms with van der Waals surface area (Å²) in [6.45, 7) is 0. The molecule has 0 bridgehead atoms. The van der Waals surface area contributed by atoms with Gasteiger partial charge in [0.15, 0.2) is 0 Å². The molecule has 0 fully saturated rings. The van der Waals surface area contributed by atoms with Crippen molar-refractivity contribution in [1.29, 1.82) is 0 Å². The van der Waals surface area contributed by atoms with E-state index in [0.717, 1.165) is 22.9 Å². The maximum absolute atomic E-state index is 13.1. The second-order valence-electron chi connectivity index (χ2n) is 5.63. The molecule has 4 heteroatoms. The normalized spacial score (nSPS) is 16.4. The van der Waals surface area contributed by atoms with Crippen molar-refractivity contribution in [3.8, 4) is 0 Å². The number of fused-ring (bicyclic) bond motifs is 1. The van der Waals surface area contributed by atoms with Gasteiger partial charge in [0, 0.05) is 10.9 Å². The molecule has 2 aromatic carbocycles. The van der Waals surface area contributed by atoms with Crippen LogP contribution in [-0.4, -0.2) is 5.91 Å². The lowest BCUT2D eigenvalue weighted by Gasteiger charge is -2.14. The molecule has 1 aliphatic rings. The number of halogens is 2. The molecule has 2 aromatic rings. The number of aryl methyl sites for hydroxylation is 2. The molecule has 1 amide bonds. The summed E-state index contributed by atoms with van der Waals surface area (Å²) < 4.78 is 14.2. The van der Waals surface area contributed by atoms with E-state index in [-0.39, 0.29) is 17.8 Å². The molecule has 0 aliphatic heterocycles. The molecular formula is C18H17BrFNO. The third-order valence-corrected chi connectivity index (χ3v) is 4.54. The van der Waals surface area contributed by atoms with Gasteiger partial charge in [0.1, 0.15) is 5.82 Å². The van der Waals surface area contributed by atoms with Crippen LogP contribution in [-0.2, 0) is 17.6 Å². The van der Waals surface area contributed by atoms with Gasteiger partial charge in [-0.3, -0.25) is 4.79 Å². The fourth-order valence-corrected chi connectivity index (χ4v) is 3.36. The molecule has 1 atom stereocenters. The van der Waals surface area contributed by atoms with E-state index in [1.54, 1.807) is 6.07 Å². The molecule has 1 aliphatic carbocycles. The minimum Gasteiger partial charge on any atom is -0.349 e. The van der Waals surface area contributed by atoms with Crippen molar-refractivity contribution in [3.05, 3.63) is 69.4 Å². The largest absolute Gasteiger partial charge is 0.349 e. The lowest BCUT2D eigenvalue weighted by Crippen LogP contribution is -2.27. The third-order valence-electron chi connectivity index (χ3n) is 4.05. The molecule has 0 aromatic heterocycles. The van der Waals surface area contributed by atoms with Crippen LogP contribution in [0.15, 0.2) is 46.9 Å². The van der Waals surface area contributed by atoms with Crippen molar-refractivity contribution >= 4 is 21.8 Å². The number of nitrogens with one attached hydrogen (secondary N) is 1. The van der Waals surface area contributed by atoms with Gasteiger partial charge in [-0.15, -0.1) is 0 Å². The van der Waals surface area contributed by atoms with Crippen LogP contribution >= 0.6 is 15.9 Å². The van der Waals surface area contributed by atoms with Crippen LogP contribution in [0.2, 0.25) is 0 Å². The standard InChI is InChI=1S/C18H17BrFNO/c19-14-6-7-16-13(11-14)5-8-17(16)21-18(22)9-4-12-2-1-3-15(20)10-12/h1-3,6-7,10-11,17H,4-5,8-9H2,(H,21,22). The summed E-state index contributed by atoms with van der Waals surface area (Å²) in [4.78, 5) is 12.1. The van der Waals surface area contributed by atoms with E-state index in [2.05, 4.69) is 33.4 Å².